The van der Waals surface area contributed by atoms with Crippen LogP contribution in [0.1, 0.15) is 36.6 Å². The van der Waals surface area contributed by atoms with Crippen molar-refractivity contribution < 1.29 is 13.2 Å². The molecule has 0 bridgehead atoms. The van der Waals surface area contributed by atoms with Crippen LogP contribution in [0.3, 0.4) is 0 Å². The molecule has 0 spiro atoms. The maximum Gasteiger partial charge on any atom is 0.154 e. The summed E-state index contributed by atoms with van der Waals surface area (Å²) in [7, 11) is -1.74. The van der Waals surface area contributed by atoms with E-state index < -0.39 is 20.6 Å². The van der Waals surface area contributed by atoms with Gasteiger partial charge in [0.15, 0.2) is 9.84 Å². The topological polar surface area (TPSA) is 69.4 Å². The molecule has 0 aliphatic heterocycles. The molecule has 1 atom stereocenters. The molecule has 0 amide bonds. The first-order valence-corrected chi connectivity index (χ1v) is 8.92. The van der Waals surface area contributed by atoms with Crippen LogP contribution in [0.5, 0.6) is 5.75 Å². The molecule has 114 valence electrons. The van der Waals surface area contributed by atoms with E-state index in [2.05, 4.69) is 15.9 Å². The number of nitrogens with two attached hydrogens (primary N) is 1. The van der Waals surface area contributed by atoms with E-state index in [9.17, 15) is 8.42 Å². The van der Waals surface area contributed by atoms with Crippen LogP contribution < -0.4 is 10.5 Å². The number of benzene rings is 1. The predicted molar refractivity (Wildman–Crippen MR) is 86.0 cm³/mol. The molecule has 0 fully saturated rings. The molecule has 1 unspecified atom stereocenters. The quantitative estimate of drug-likeness (QED) is 0.892. The first kappa shape index (κ1) is 17.5. The van der Waals surface area contributed by atoms with Gasteiger partial charge >= 0.3 is 0 Å². The van der Waals surface area contributed by atoms with Crippen molar-refractivity contribution in [2.45, 2.75) is 38.5 Å². The van der Waals surface area contributed by atoms with Crippen LogP contribution in [0.25, 0.3) is 0 Å². The fraction of sp³-hybridized carbons (Fsp3) is 0.571. The SMILES string of the molecule is COc1c(C)cc(Br)c(C)c1C(N)C(C)(C)S(C)(=O)=O. The van der Waals surface area contributed by atoms with Gasteiger partial charge in [0, 0.05) is 16.3 Å². The molecule has 0 radical (unpaired) electrons. The molecule has 20 heavy (non-hydrogen) atoms. The largest absolute Gasteiger partial charge is 0.496 e. The highest BCUT2D eigenvalue weighted by molar-refractivity contribution is 9.10. The lowest BCUT2D eigenvalue weighted by Gasteiger charge is -2.32. The van der Waals surface area contributed by atoms with Crippen molar-refractivity contribution in [3.05, 3.63) is 27.2 Å². The summed E-state index contributed by atoms with van der Waals surface area (Å²) >= 11 is 3.49. The van der Waals surface area contributed by atoms with Gasteiger partial charge in [-0.15, -0.1) is 0 Å². The second-order valence-corrected chi connectivity index (χ2v) is 9.05. The molecule has 2 N–H and O–H groups in total. The Kier molecular flexibility index (Phi) is 4.94. The summed E-state index contributed by atoms with van der Waals surface area (Å²) in [6, 6.07) is 1.27. The summed E-state index contributed by atoms with van der Waals surface area (Å²) < 4.78 is 29.3. The number of halogens is 1. The van der Waals surface area contributed by atoms with E-state index in [0.29, 0.717) is 5.75 Å². The highest BCUT2D eigenvalue weighted by atomic mass is 79.9. The third-order valence-corrected chi connectivity index (χ3v) is 6.92. The standard InChI is InChI=1S/C14H22BrNO3S/c1-8-7-10(15)9(2)11(12(8)19-5)13(16)14(3,4)20(6,17)18/h7,13H,16H2,1-6H3. The van der Waals surface area contributed by atoms with Crippen LogP contribution >= 0.6 is 15.9 Å². The number of hydrogen-bond acceptors (Lipinski definition) is 4. The Labute approximate surface area is 129 Å². The number of hydrogen-bond donors (Lipinski definition) is 1. The average Bonchev–Trinajstić information content (AvgIpc) is 2.31. The lowest BCUT2D eigenvalue weighted by Crippen LogP contribution is -2.42. The second kappa shape index (κ2) is 5.66. The van der Waals surface area contributed by atoms with Gasteiger partial charge in [0.05, 0.1) is 17.9 Å². The Morgan fingerprint density at radius 2 is 1.85 bits per heavy atom. The summed E-state index contributed by atoms with van der Waals surface area (Å²) in [4.78, 5) is 0. The molecular weight excluding hydrogens is 342 g/mol. The van der Waals surface area contributed by atoms with Crippen LogP contribution in [0, 0.1) is 13.8 Å². The van der Waals surface area contributed by atoms with Gasteiger partial charge in [-0.2, -0.15) is 0 Å². The van der Waals surface area contributed by atoms with Gasteiger partial charge in [-0.3, -0.25) is 0 Å². The summed E-state index contributed by atoms with van der Waals surface area (Å²) in [6.07, 6.45) is 1.21. The Bertz CT molecular complexity index is 624. The van der Waals surface area contributed by atoms with Crippen LogP contribution in [-0.2, 0) is 9.84 Å². The molecule has 4 nitrogen and oxygen atoms in total. The van der Waals surface area contributed by atoms with E-state index in [1.165, 1.54) is 6.26 Å². The molecular formula is C14H22BrNO3S. The molecule has 0 aliphatic rings. The monoisotopic (exact) mass is 363 g/mol. The first-order valence-electron chi connectivity index (χ1n) is 6.24. The molecule has 0 aromatic heterocycles. The maximum absolute atomic E-state index is 12.0. The number of methoxy groups -OCH3 is 1. The van der Waals surface area contributed by atoms with Gasteiger partial charge < -0.3 is 10.5 Å². The minimum atomic E-state index is -3.31. The van der Waals surface area contributed by atoms with E-state index in [0.717, 1.165) is 21.2 Å². The zero-order chi connectivity index (χ0) is 15.9. The van der Waals surface area contributed by atoms with E-state index in [4.69, 9.17) is 10.5 Å². The number of sulfone groups is 1. The maximum atomic E-state index is 12.0. The van der Waals surface area contributed by atoms with E-state index in [-0.39, 0.29) is 0 Å². The Morgan fingerprint density at radius 1 is 1.35 bits per heavy atom. The number of aryl methyl sites for hydroxylation is 1. The molecule has 1 aromatic carbocycles. The molecule has 1 rings (SSSR count). The molecule has 0 saturated carbocycles. The van der Waals surface area contributed by atoms with Crippen LogP contribution in [0.4, 0.5) is 0 Å². The summed E-state index contributed by atoms with van der Waals surface area (Å²) in [5.74, 6) is 0.648. The zero-order valence-electron chi connectivity index (χ0n) is 12.7. The normalized spacial score (nSPS) is 14.2. The van der Waals surface area contributed by atoms with E-state index in [1.807, 2.05) is 19.9 Å². The van der Waals surface area contributed by atoms with Crippen LogP contribution in [-0.4, -0.2) is 26.5 Å². The smallest absolute Gasteiger partial charge is 0.154 e. The zero-order valence-corrected chi connectivity index (χ0v) is 15.1. The lowest BCUT2D eigenvalue weighted by atomic mass is 9.90. The molecule has 0 saturated heterocycles. The van der Waals surface area contributed by atoms with Crippen molar-refractivity contribution in [1.82, 2.24) is 0 Å². The van der Waals surface area contributed by atoms with Crippen molar-refractivity contribution in [2.24, 2.45) is 5.73 Å². The van der Waals surface area contributed by atoms with Crippen molar-refractivity contribution in [2.75, 3.05) is 13.4 Å². The highest BCUT2D eigenvalue weighted by Crippen LogP contribution is 2.41. The van der Waals surface area contributed by atoms with Crippen molar-refractivity contribution in [3.8, 4) is 5.75 Å². The molecule has 0 aliphatic carbocycles. The third kappa shape index (κ3) is 2.87. The van der Waals surface area contributed by atoms with E-state index in [1.54, 1.807) is 21.0 Å². The van der Waals surface area contributed by atoms with Crippen LogP contribution in [0.2, 0.25) is 0 Å². The minimum absolute atomic E-state index is 0.648. The number of rotatable bonds is 4. The fourth-order valence-corrected chi connectivity index (χ4v) is 3.24. The Balaban J connectivity index is 3.62. The first-order chi connectivity index (χ1) is 8.95. The van der Waals surface area contributed by atoms with Crippen molar-refractivity contribution in [1.29, 1.82) is 0 Å². The van der Waals surface area contributed by atoms with Gasteiger partial charge in [0.2, 0.25) is 0 Å². The lowest BCUT2D eigenvalue weighted by molar-refractivity contribution is 0.394. The Hall–Kier alpha value is -0.590. The second-order valence-electron chi connectivity index (χ2n) is 5.60. The van der Waals surface area contributed by atoms with Gasteiger partial charge in [-0.1, -0.05) is 15.9 Å². The summed E-state index contributed by atoms with van der Waals surface area (Å²) in [6.45, 7) is 7.09. The van der Waals surface area contributed by atoms with Crippen LogP contribution in [0.15, 0.2) is 10.5 Å². The molecule has 1 aromatic rings. The van der Waals surface area contributed by atoms with Gasteiger partial charge in [0.25, 0.3) is 0 Å². The fourth-order valence-electron chi connectivity index (χ4n) is 2.10. The average molecular weight is 364 g/mol. The van der Waals surface area contributed by atoms with Crippen molar-refractivity contribution in [3.63, 3.8) is 0 Å². The predicted octanol–water partition coefficient (Wildman–Crippen LogP) is 2.90. The third-order valence-electron chi connectivity index (χ3n) is 3.93. The molecule has 0 heterocycles. The summed E-state index contributed by atoms with van der Waals surface area (Å²) in [5, 5.41) is 0. The van der Waals surface area contributed by atoms with Gasteiger partial charge in [-0.05, 0) is 44.9 Å². The molecule has 6 heteroatoms. The highest BCUT2D eigenvalue weighted by Gasteiger charge is 2.40. The van der Waals surface area contributed by atoms with Crippen molar-refractivity contribution >= 4 is 25.8 Å². The van der Waals surface area contributed by atoms with Gasteiger partial charge in [-0.25, -0.2) is 8.42 Å². The summed E-state index contributed by atoms with van der Waals surface area (Å²) in [5.41, 5.74) is 8.84. The number of ether oxygens (including phenoxy) is 1. The van der Waals surface area contributed by atoms with E-state index >= 15 is 0 Å². The minimum Gasteiger partial charge on any atom is -0.496 e. The Morgan fingerprint density at radius 3 is 2.25 bits per heavy atom. The van der Waals surface area contributed by atoms with Gasteiger partial charge in [0.1, 0.15) is 5.75 Å².